The summed E-state index contributed by atoms with van der Waals surface area (Å²) >= 11 is 0. The lowest BCUT2D eigenvalue weighted by molar-refractivity contribution is -0.156. The van der Waals surface area contributed by atoms with Crippen molar-refractivity contribution in [1.29, 1.82) is 0 Å². The van der Waals surface area contributed by atoms with Gasteiger partial charge in [-0.2, -0.15) is 0 Å². The van der Waals surface area contributed by atoms with E-state index in [0.29, 0.717) is 6.61 Å². The van der Waals surface area contributed by atoms with Crippen LogP contribution >= 0.6 is 0 Å². The number of hydrogen-bond donors (Lipinski definition) is 2. The van der Waals surface area contributed by atoms with E-state index in [9.17, 15) is 5.11 Å². The van der Waals surface area contributed by atoms with Gasteiger partial charge in [-0.15, -0.1) is 0 Å². The molecule has 0 spiro atoms. The van der Waals surface area contributed by atoms with Crippen molar-refractivity contribution in [2.24, 2.45) is 0 Å². The predicted molar refractivity (Wildman–Crippen MR) is 103 cm³/mol. The summed E-state index contributed by atoms with van der Waals surface area (Å²) in [6.45, 7) is 4.34. The molecule has 0 fully saturated rings. The normalized spacial score (nSPS) is 14.3. The van der Waals surface area contributed by atoms with Crippen molar-refractivity contribution >= 4 is 0 Å². The lowest BCUT2D eigenvalue weighted by Gasteiger charge is -2.14. The van der Waals surface area contributed by atoms with Gasteiger partial charge >= 0.3 is 0 Å². The fourth-order valence-electron chi connectivity index (χ4n) is 2.69. The van der Waals surface area contributed by atoms with Crippen molar-refractivity contribution in [2.75, 3.05) is 6.61 Å². The molecule has 0 aromatic rings. The van der Waals surface area contributed by atoms with Gasteiger partial charge in [-0.1, -0.05) is 76.9 Å². The summed E-state index contributed by atoms with van der Waals surface area (Å²) in [4.78, 5) is 0. The Labute approximate surface area is 150 Å². The van der Waals surface area contributed by atoms with Crippen molar-refractivity contribution in [2.45, 2.75) is 116 Å². The van der Waals surface area contributed by atoms with E-state index in [1.807, 2.05) is 0 Å². The number of rotatable bonds is 18. The third-order valence-electron chi connectivity index (χ3n) is 4.36. The number of hydrogen-bond acceptors (Lipinski definition) is 3. The summed E-state index contributed by atoms with van der Waals surface area (Å²) in [5, 5.41) is 18.3. The van der Waals surface area contributed by atoms with Crippen LogP contribution in [0.4, 0.5) is 0 Å². The van der Waals surface area contributed by atoms with Crippen LogP contribution in [0.15, 0.2) is 12.2 Å². The zero-order chi connectivity index (χ0) is 17.9. The van der Waals surface area contributed by atoms with Gasteiger partial charge in [0.05, 0.1) is 0 Å². The van der Waals surface area contributed by atoms with Crippen LogP contribution in [0, 0.1) is 0 Å². The second-order valence-corrected chi connectivity index (χ2v) is 6.94. The molecule has 0 radical (unpaired) electrons. The monoisotopic (exact) mass is 342 g/mol. The zero-order valence-corrected chi connectivity index (χ0v) is 16.2. The van der Waals surface area contributed by atoms with Gasteiger partial charge in [0.2, 0.25) is 0 Å². The average molecular weight is 343 g/mol. The van der Waals surface area contributed by atoms with Gasteiger partial charge in [0, 0.05) is 6.61 Å². The molecule has 0 aliphatic carbocycles. The summed E-state index contributed by atoms with van der Waals surface area (Å²) in [5.41, 5.74) is 0. The molecule has 0 saturated heterocycles. The van der Waals surface area contributed by atoms with Gasteiger partial charge in [0.25, 0.3) is 0 Å². The molecule has 0 aromatic heterocycles. The summed E-state index contributed by atoms with van der Waals surface area (Å²) in [5.74, 6) is 0. The Morgan fingerprint density at radius 3 is 1.67 bits per heavy atom. The van der Waals surface area contributed by atoms with E-state index in [-0.39, 0.29) is 0 Å². The largest absolute Gasteiger partial charge is 0.388 e. The minimum atomic E-state index is -1.03. The molecule has 2 atom stereocenters. The van der Waals surface area contributed by atoms with Crippen LogP contribution < -0.4 is 0 Å². The minimum absolute atomic E-state index is 0.535. The Hall–Kier alpha value is -0.380. The molecule has 0 aliphatic rings. The Morgan fingerprint density at radius 2 is 1.17 bits per heavy atom. The third kappa shape index (κ3) is 18.0. The first kappa shape index (κ1) is 23.6. The standard InChI is InChI=1S/C21H42O3/c1-3-4-5-6-7-8-9-10-11-12-13-14-15-16-17-18-19-24-21(23)20(2)22/h10-11,20-23H,3-9,12-19H2,1-2H3/b11-10+. The molecular weight excluding hydrogens is 300 g/mol. The summed E-state index contributed by atoms with van der Waals surface area (Å²) < 4.78 is 5.12. The van der Waals surface area contributed by atoms with Gasteiger partial charge in [-0.25, -0.2) is 0 Å². The zero-order valence-electron chi connectivity index (χ0n) is 16.2. The van der Waals surface area contributed by atoms with Crippen molar-refractivity contribution in [3.05, 3.63) is 12.2 Å². The number of aliphatic hydroxyl groups excluding tert-OH is 2. The molecule has 0 aromatic carbocycles. The summed E-state index contributed by atoms with van der Waals surface area (Å²) in [7, 11) is 0. The maximum Gasteiger partial charge on any atom is 0.180 e. The fourth-order valence-corrected chi connectivity index (χ4v) is 2.69. The van der Waals surface area contributed by atoms with Crippen LogP contribution in [0.2, 0.25) is 0 Å². The lowest BCUT2D eigenvalue weighted by Crippen LogP contribution is -2.26. The van der Waals surface area contributed by atoms with Gasteiger partial charge in [0.1, 0.15) is 6.10 Å². The van der Waals surface area contributed by atoms with E-state index in [2.05, 4.69) is 19.1 Å². The molecule has 0 heterocycles. The summed E-state index contributed by atoms with van der Waals surface area (Å²) in [6, 6.07) is 0. The van der Waals surface area contributed by atoms with Crippen molar-refractivity contribution in [1.82, 2.24) is 0 Å². The van der Waals surface area contributed by atoms with Crippen molar-refractivity contribution in [3.63, 3.8) is 0 Å². The Morgan fingerprint density at radius 1 is 0.708 bits per heavy atom. The Balaban J connectivity index is 3.13. The van der Waals surface area contributed by atoms with E-state index < -0.39 is 12.4 Å². The molecule has 2 N–H and O–H groups in total. The van der Waals surface area contributed by atoms with E-state index >= 15 is 0 Å². The average Bonchev–Trinajstić information content (AvgIpc) is 2.57. The highest BCUT2D eigenvalue weighted by atomic mass is 16.6. The molecule has 24 heavy (non-hydrogen) atoms. The van der Waals surface area contributed by atoms with Crippen LogP contribution in [-0.4, -0.2) is 29.2 Å². The van der Waals surface area contributed by atoms with Crippen LogP contribution in [-0.2, 0) is 4.74 Å². The molecule has 3 nitrogen and oxygen atoms in total. The summed E-state index contributed by atoms with van der Waals surface area (Å²) in [6.07, 6.45) is 20.9. The SMILES string of the molecule is CCCCCCCC/C=C/CCCCCCCCOC(O)C(C)O. The maximum atomic E-state index is 9.27. The lowest BCUT2D eigenvalue weighted by atomic mass is 10.1. The third-order valence-corrected chi connectivity index (χ3v) is 4.36. The molecule has 0 saturated carbocycles. The molecule has 0 amide bonds. The van der Waals surface area contributed by atoms with Crippen molar-refractivity contribution < 1.29 is 14.9 Å². The second-order valence-electron chi connectivity index (χ2n) is 6.94. The maximum absolute atomic E-state index is 9.27. The molecule has 0 bridgehead atoms. The van der Waals surface area contributed by atoms with Crippen LogP contribution in [0.1, 0.15) is 104 Å². The molecular formula is C21H42O3. The van der Waals surface area contributed by atoms with E-state index in [1.54, 1.807) is 0 Å². The number of allylic oxidation sites excluding steroid dienone is 2. The number of unbranched alkanes of at least 4 members (excludes halogenated alkanes) is 12. The highest BCUT2D eigenvalue weighted by Gasteiger charge is 2.09. The smallest absolute Gasteiger partial charge is 0.180 e. The highest BCUT2D eigenvalue weighted by molar-refractivity contribution is 4.81. The Bertz CT molecular complexity index is 264. The number of aliphatic hydroxyl groups is 2. The predicted octanol–water partition coefficient (Wildman–Crippen LogP) is 5.74. The van der Waals surface area contributed by atoms with Gasteiger partial charge in [-0.3, -0.25) is 0 Å². The van der Waals surface area contributed by atoms with E-state index in [1.165, 1.54) is 84.0 Å². The molecule has 2 unspecified atom stereocenters. The van der Waals surface area contributed by atoms with Crippen molar-refractivity contribution in [3.8, 4) is 0 Å². The molecule has 3 heteroatoms. The molecule has 0 aliphatic heterocycles. The highest BCUT2D eigenvalue weighted by Crippen LogP contribution is 2.10. The van der Waals surface area contributed by atoms with Crippen LogP contribution in [0.25, 0.3) is 0 Å². The van der Waals surface area contributed by atoms with Crippen LogP contribution in [0.5, 0.6) is 0 Å². The minimum Gasteiger partial charge on any atom is -0.388 e. The van der Waals surface area contributed by atoms with Gasteiger partial charge in [-0.05, 0) is 39.0 Å². The topological polar surface area (TPSA) is 49.7 Å². The first-order valence-electron chi connectivity index (χ1n) is 10.3. The molecule has 0 rings (SSSR count). The van der Waals surface area contributed by atoms with Crippen LogP contribution in [0.3, 0.4) is 0 Å². The van der Waals surface area contributed by atoms with Gasteiger partial charge in [0.15, 0.2) is 6.29 Å². The first-order valence-corrected chi connectivity index (χ1v) is 10.3. The Kier molecular flexibility index (Phi) is 18.7. The van der Waals surface area contributed by atoms with E-state index in [4.69, 9.17) is 9.84 Å². The van der Waals surface area contributed by atoms with Gasteiger partial charge < -0.3 is 14.9 Å². The van der Waals surface area contributed by atoms with E-state index in [0.717, 1.165) is 12.8 Å². The fraction of sp³-hybridized carbons (Fsp3) is 0.905. The molecule has 144 valence electrons. The first-order chi connectivity index (χ1) is 11.7. The second kappa shape index (κ2) is 19.0. The quantitative estimate of drug-likeness (QED) is 0.190. The number of ether oxygens (including phenoxy) is 1.